The average molecular weight is 269 g/mol. The molecule has 0 aliphatic carbocycles. The minimum absolute atomic E-state index is 0.204. The molecule has 2 aromatic rings. The quantitative estimate of drug-likeness (QED) is 0.885. The molecule has 0 bridgehead atoms. The van der Waals surface area contributed by atoms with E-state index in [4.69, 9.17) is 4.74 Å². The normalized spacial score (nSPS) is 12.2. The van der Waals surface area contributed by atoms with Crippen molar-refractivity contribution in [3.8, 4) is 5.75 Å². The van der Waals surface area contributed by atoms with Crippen molar-refractivity contribution < 1.29 is 4.74 Å². The molecule has 0 aliphatic rings. The molecule has 20 heavy (non-hydrogen) atoms. The number of methoxy groups -OCH3 is 1. The molecular formula is C18H23NO. The van der Waals surface area contributed by atoms with E-state index in [2.05, 4.69) is 68.6 Å². The second kappa shape index (κ2) is 6.58. The summed E-state index contributed by atoms with van der Waals surface area (Å²) in [5.41, 5.74) is 5.03. The van der Waals surface area contributed by atoms with E-state index < -0.39 is 0 Å². The Hall–Kier alpha value is -1.80. The third-order valence-corrected chi connectivity index (χ3v) is 3.67. The van der Waals surface area contributed by atoms with Crippen LogP contribution in [0.1, 0.15) is 35.2 Å². The van der Waals surface area contributed by atoms with Crippen LogP contribution in [-0.4, -0.2) is 13.7 Å². The molecule has 0 aromatic heterocycles. The maximum atomic E-state index is 5.45. The smallest absolute Gasteiger partial charge is 0.122 e. The van der Waals surface area contributed by atoms with E-state index >= 15 is 0 Å². The Labute approximate surface area is 121 Å². The van der Waals surface area contributed by atoms with E-state index in [0.29, 0.717) is 0 Å². The summed E-state index contributed by atoms with van der Waals surface area (Å²) in [6, 6.07) is 15.2. The Balaban J connectivity index is 2.46. The van der Waals surface area contributed by atoms with Gasteiger partial charge in [0.1, 0.15) is 5.75 Å². The van der Waals surface area contributed by atoms with Gasteiger partial charge in [0.05, 0.1) is 13.2 Å². The van der Waals surface area contributed by atoms with Crippen LogP contribution in [0.4, 0.5) is 0 Å². The number of hydrogen-bond donors (Lipinski definition) is 1. The zero-order valence-electron chi connectivity index (χ0n) is 12.7. The first kappa shape index (κ1) is 14.6. The van der Waals surface area contributed by atoms with Crippen molar-refractivity contribution in [3.05, 3.63) is 64.7 Å². The summed E-state index contributed by atoms with van der Waals surface area (Å²) >= 11 is 0. The van der Waals surface area contributed by atoms with Gasteiger partial charge in [-0.3, -0.25) is 0 Å². The van der Waals surface area contributed by atoms with Crippen molar-refractivity contribution in [1.29, 1.82) is 0 Å². The van der Waals surface area contributed by atoms with Crippen molar-refractivity contribution >= 4 is 0 Å². The highest BCUT2D eigenvalue weighted by molar-refractivity contribution is 5.43. The van der Waals surface area contributed by atoms with Gasteiger partial charge in [-0.2, -0.15) is 0 Å². The van der Waals surface area contributed by atoms with Gasteiger partial charge in [-0.15, -0.1) is 0 Å². The first-order chi connectivity index (χ1) is 9.67. The summed E-state index contributed by atoms with van der Waals surface area (Å²) in [6.07, 6.45) is 0. The van der Waals surface area contributed by atoms with E-state index in [0.717, 1.165) is 17.9 Å². The number of benzene rings is 2. The van der Waals surface area contributed by atoms with Gasteiger partial charge in [0.25, 0.3) is 0 Å². The van der Waals surface area contributed by atoms with E-state index in [1.54, 1.807) is 7.11 Å². The van der Waals surface area contributed by atoms with Crippen LogP contribution >= 0.6 is 0 Å². The zero-order valence-corrected chi connectivity index (χ0v) is 12.7. The standard InChI is InChI=1S/C18H23NO/c1-5-19-18(16-9-7-6-8-13(16)2)15-11-10-14(3)17(12-15)20-4/h6-12,18-19H,5H2,1-4H3. The predicted molar refractivity (Wildman–Crippen MR) is 84.4 cm³/mol. The molecule has 0 amide bonds. The SMILES string of the molecule is CCNC(c1ccc(C)c(OC)c1)c1ccccc1C. The summed E-state index contributed by atoms with van der Waals surface area (Å²) in [6.45, 7) is 7.29. The molecule has 0 aliphatic heterocycles. The molecule has 0 spiro atoms. The van der Waals surface area contributed by atoms with E-state index in [1.807, 2.05) is 0 Å². The van der Waals surface area contributed by atoms with Crippen molar-refractivity contribution in [2.75, 3.05) is 13.7 Å². The van der Waals surface area contributed by atoms with Gasteiger partial charge < -0.3 is 10.1 Å². The molecule has 0 saturated carbocycles. The van der Waals surface area contributed by atoms with E-state index in [1.165, 1.54) is 16.7 Å². The van der Waals surface area contributed by atoms with Gasteiger partial charge in [0.2, 0.25) is 0 Å². The fourth-order valence-electron chi connectivity index (χ4n) is 2.54. The van der Waals surface area contributed by atoms with E-state index in [-0.39, 0.29) is 6.04 Å². The molecule has 2 rings (SSSR count). The molecular weight excluding hydrogens is 246 g/mol. The summed E-state index contributed by atoms with van der Waals surface area (Å²) in [5, 5.41) is 3.57. The van der Waals surface area contributed by atoms with Gasteiger partial charge in [-0.1, -0.05) is 43.3 Å². The molecule has 1 N–H and O–H groups in total. The molecule has 1 unspecified atom stereocenters. The van der Waals surface area contributed by atoms with Gasteiger partial charge in [-0.25, -0.2) is 0 Å². The maximum absolute atomic E-state index is 5.45. The van der Waals surface area contributed by atoms with Crippen molar-refractivity contribution in [1.82, 2.24) is 5.32 Å². The first-order valence-electron chi connectivity index (χ1n) is 7.10. The molecule has 106 valence electrons. The number of rotatable bonds is 5. The monoisotopic (exact) mass is 269 g/mol. The second-order valence-corrected chi connectivity index (χ2v) is 5.08. The first-order valence-corrected chi connectivity index (χ1v) is 7.10. The summed E-state index contributed by atoms with van der Waals surface area (Å²) in [4.78, 5) is 0. The van der Waals surface area contributed by atoms with Gasteiger partial charge in [0.15, 0.2) is 0 Å². The highest BCUT2D eigenvalue weighted by atomic mass is 16.5. The Morgan fingerprint density at radius 2 is 1.80 bits per heavy atom. The van der Waals surface area contributed by atoms with Crippen LogP contribution in [0.3, 0.4) is 0 Å². The van der Waals surface area contributed by atoms with Crippen molar-refractivity contribution in [2.24, 2.45) is 0 Å². The van der Waals surface area contributed by atoms with Gasteiger partial charge in [0, 0.05) is 0 Å². The molecule has 0 fully saturated rings. The molecule has 0 radical (unpaired) electrons. The van der Waals surface area contributed by atoms with Crippen LogP contribution in [0.5, 0.6) is 5.75 Å². The Morgan fingerprint density at radius 3 is 2.45 bits per heavy atom. The third kappa shape index (κ3) is 3.02. The lowest BCUT2D eigenvalue weighted by molar-refractivity contribution is 0.410. The predicted octanol–water partition coefficient (Wildman–Crippen LogP) is 4.01. The second-order valence-electron chi connectivity index (χ2n) is 5.08. The Kier molecular flexibility index (Phi) is 4.80. The van der Waals surface area contributed by atoms with Gasteiger partial charge >= 0.3 is 0 Å². The minimum atomic E-state index is 0.204. The highest BCUT2D eigenvalue weighted by Crippen LogP contribution is 2.29. The Morgan fingerprint density at radius 1 is 1.05 bits per heavy atom. The summed E-state index contributed by atoms with van der Waals surface area (Å²) in [5.74, 6) is 0.944. The number of nitrogens with one attached hydrogen (secondary N) is 1. The van der Waals surface area contributed by atoms with Crippen LogP contribution in [0, 0.1) is 13.8 Å². The number of aryl methyl sites for hydroxylation is 2. The zero-order chi connectivity index (χ0) is 14.5. The van der Waals surface area contributed by atoms with Crippen LogP contribution in [-0.2, 0) is 0 Å². The van der Waals surface area contributed by atoms with E-state index in [9.17, 15) is 0 Å². The maximum Gasteiger partial charge on any atom is 0.122 e. The summed E-state index contributed by atoms with van der Waals surface area (Å²) < 4.78 is 5.45. The highest BCUT2D eigenvalue weighted by Gasteiger charge is 2.16. The summed E-state index contributed by atoms with van der Waals surface area (Å²) in [7, 11) is 1.72. The lowest BCUT2D eigenvalue weighted by Gasteiger charge is -2.22. The van der Waals surface area contributed by atoms with Crippen LogP contribution in [0.15, 0.2) is 42.5 Å². The fraction of sp³-hybridized carbons (Fsp3) is 0.333. The number of ether oxygens (including phenoxy) is 1. The van der Waals surface area contributed by atoms with Crippen LogP contribution in [0.25, 0.3) is 0 Å². The molecule has 2 heteroatoms. The molecule has 2 nitrogen and oxygen atoms in total. The Bertz CT molecular complexity index is 577. The fourth-order valence-corrected chi connectivity index (χ4v) is 2.54. The van der Waals surface area contributed by atoms with Crippen molar-refractivity contribution in [3.63, 3.8) is 0 Å². The molecule has 1 atom stereocenters. The average Bonchev–Trinajstić information content (AvgIpc) is 2.46. The topological polar surface area (TPSA) is 21.3 Å². The van der Waals surface area contributed by atoms with Crippen LogP contribution in [0.2, 0.25) is 0 Å². The molecule has 0 heterocycles. The largest absolute Gasteiger partial charge is 0.496 e. The van der Waals surface area contributed by atoms with Crippen LogP contribution < -0.4 is 10.1 Å². The molecule has 2 aromatic carbocycles. The lowest BCUT2D eigenvalue weighted by atomic mass is 9.94. The lowest BCUT2D eigenvalue weighted by Crippen LogP contribution is -2.22. The van der Waals surface area contributed by atoms with Gasteiger partial charge in [-0.05, 0) is 48.7 Å². The van der Waals surface area contributed by atoms with Crippen molar-refractivity contribution in [2.45, 2.75) is 26.8 Å². The third-order valence-electron chi connectivity index (χ3n) is 3.67. The minimum Gasteiger partial charge on any atom is -0.496 e. The molecule has 0 saturated heterocycles. The number of hydrogen-bond acceptors (Lipinski definition) is 2.